The number of nitrogens with zero attached hydrogens (tertiary/aromatic N) is 2. The Labute approximate surface area is 180 Å². The van der Waals surface area contributed by atoms with Crippen LogP contribution in [0.4, 0.5) is 0 Å². The van der Waals surface area contributed by atoms with Crippen molar-refractivity contribution in [1.29, 1.82) is 0 Å². The maximum absolute atomic E-state index is 13.3. The van der Waals surface area contributed by atoms with Crippen LogP contribution in [0.15, 0.2) is 34.8 Å². The molecule has 1 aliphatic carbocycles. The van der Waals surface area contributed by atoms with Crippen molar-refractivity contribution in [2.75, 3.05) is 19.6 Å². The monoisotopic (exact) mass is 406 g/mol. The zero-order valence-electron chi connectivity index (χ0n) is 18.0. The van der Waals surface area contributed by atoms with Gasteiger partial charge in [0.1, 0.15) is 11.5 Å². The molecule has 1 amide bonds. The van der Waals surface area contributed by atoms with E-state index in [0.717, 1.165) is 50.2 Å². The lowest BCUT2D eigenvalue weighted by Crippen LogP contribution is -2.48. The molecular weight excluding hydrogens is 372 g/mol. The Hall–Kier alpha value is -1.81. The van der Waals surface area contributed by atoms with Crippen LogP contribution in [0.1, 0.15) is 86.8 Å². The van der Waals surface area contributed by atoms with Crippen molar-refractivity contribution in [3.05, 3.63) is 47.5 Å². The first kappa shape index (κ1) is 18.9. The number of rotatable bonds is 0. The molecule has 2 fully saturated rings. The van der Waals surface area contributed by atoms with E-state index < -0.39 is 0 Å². The number of fused-ring (bicyclic) bond motifs is 8. The smallest absolute Gasteiger partial charge is 0.223 e. The molecule has 5 aliphatic heterocycles. The minimum atomic E-state index is 0.134. The first-order valence-corrected chi connectivity index (χ1v) is 12.2. The molecular formula is C26H34N2O2. The molecule has 4 heteroatoms. The molecule has 30 heavy (non-hydrogen) atoms. The summed E-state index contributed by atoms with van der Waals surface area (Å²) in [7, 11) is 0. The fourth-order valence-corrected chi connectivity index (χ4v) is 7.19. The summed E-state index contributed by atoms with van der Waals surface area (Å²) in [5.41, 5.74) is 1.57. The number of hydrogen-bond acceptors (Lipinski definition) is 3. The zero-order chi connectivity index (χ0) is 20.1. The predicted octanol–water partition coefficient (Wildman–Crippen LogP) is 5.12. The fourth-order valence-electron chi connectivity index (χ4n) is 7.19. The Morgan fingerprint density at radius 3 is 2.87 bits per heavy atom. The Bertz CT molecular complexity index is 884. The van der Waals surface area contributed by atoms with Gasteiger partial charge in [-0.05, 0) is 82.0 Å². The number of carbonyl (C=O) groups excluding carboxylic acids is 1. The fraction of sp³-hybridized carbons (Fsp3) is 0.654. The number of aryl methyl sites for hydroxylation is 1. The van der Waals surface area contributed by atoms with Gasteiger partial charge in [-0.1, -0.05) is 24.3 Å². The Balaban J connectivity index is 1.45. The van der Waals surface area contributed by atoms with Crippen LogP contribution >= 0.6 is 0 Å². The lowest BCUT2D eigenvalue weighted by molar-refractivity contribution is -0.135. The summed E-state index contributed by atoms with van der Waals surface area (Å²) in [6, 6.07) is 2.74. The third kappa shape index (κ3) is 2.86. The highest BCUT2D eigenvalue weighted by Gasteiger charge is 2.65. The molecule has 6 aliphatic rings. The van der Waals surface area contributed by atoms with Crippen LogP contribution in [-0.4, -0.2) is 41.4 Å². The van der Waals surface area contributed by atoms with E-state index in [9.17, 15) is 4.79 Å². The normalized spacial score (nSPS) is 40.3. The van der Waals surface area contributed by atoms with Crippen LogP contribution in [-0.2, 0) is 11.2 Å². The SMILES string of the molecule is O=C1CCC/C=C\C2C[C@@]34CN5CCCC/C=C\CCc6cc(c(o6)[C@@H]3N12)[C@@H]4CC5. The Kier molecular flexibility index (Phi) is 4.67. The molecule has 0 aromatic carbocycles. The third-order valence-corrected chi connectivity index (χ3v) is 8.41. The molecule has 1 aromatic rings. The van der Waals surface area contributed by atoms with Crippen LogP contribution in [0, 0.1) is 5.41 Å². The molecule has 2 unspecified atom stereocenters. The highest BCUT2D eigenvalue weighted by atomic mass is 16.3. The number of carbonyl (C=O) groups is 1. The van der Waals surface area contributed by atoms with E-state index in [1.165, 1.54) is 44.3 Å². The number of amides is 1. The second kappa shape index (κ2) is 7.40. The summed E-state index contributed by atoms with van der Waals surface area (Å²) in [5, 5.41) is 0. The summed E-state index contributed by atoms with van der Waals surface area (Å²) >= 11 is 0. The van der Waals surface area contributed by atoms with Gasteiger partial charge < -0.3 is 14.2 Å². The molecule has 160 valence electrons. The predicted molar refractivity (Wildman–Crippen MR) is 117 cm³/mol. The van der Waals surface area contributed by atoms with Crippen molar-refractivity contribution >= 4 is 5.91 Å². The summed E-state index contributed by atoms with van der Waals surface area (Å²) in [6.45, 7) is 3.49. The van der Waals surface area contributed by atoms with E-state index in [-0.39, 0.29) is 17.5 Å². The van der Waals surface area contributed by atoms with E-state index in [1.807, 2.05) is 0 Å². The highest BCUT2D eigenvalue weighted by Crippen LogP contribution is 2.67. The number of hydrogen-bond donors (Lipinski definition) is 0. The topological polar surface area (TPSA) is 36.7 Å². The maximum Gasteiger partial charge on any atom is 0.223 e. The van der Waals surface area contributed by atoms with E-state index in [2.05, 4.69) is 40.2 Å². The largest absolute Gasteiger partial charge is 0.464 e. The molecule has 2 saturated heterocycles. The van der Waals surface area contributed by atoms with Gasteiger partial charge in [0.25, 0.3) is 0 Å². The summed E-state index contributed by atoms with van der Waals surface area (Å²) in [6.07, 6.45) is 20.1. The lowest BCUT2D eigenvalue weighted by atomic mass is 9.68. The molecule has 5 atom stereocenters. The second-order valence-corrected chi connectivity index (χ2v) is 10.2. The summed E-state index contributed by atoms with van der Waals surface area (Å²) in [4.78, 5) is 18.3. The average molecular weight is 407 g/mol. The van der Waals surface area contributed by atoms with Gasteiger partial charge in [-0.25, -0.2) is 0 Å². The van der Waals surface area contributed by atoms with Crippen molar-refractivity contribution < 1.29 is 9.21 Å². The van der Waals surface area contributed by atoms with Crippen molar-refractivity contribution in [1.82, 2.24) is 9.80 Å². The Morgan fingerprint density at radius 1 is 1.00 bits per heavy atom. The minimum Gasteiger partial charge on any atom is -0.464 e. The lowest BCUT2D eigenvalue weighted by Gasteiger charge is -2.45. The molecule has 0 saturated carbocycles. The van der Waals surface area contributed by atoms with Gasteiger partial charge in [0.2, 0.25) is 5.91 Å². The van der Waals surface area contributed by atoms with E-state index >= 15 is 0 Å². The molecule has 1 spiro atoms. The summed E-state index contributed by atoms with van der Waals surface area (Å²) in [5.74, 6) is 3.14. The van der Waals surface area contributed by atoms with Crippen molar-refractivity contribution in [2.24, 2.45) is 5.41 Å². The van der Waals surface area contributed by atoms with Crippen LogP contribution in [0.5, 0.6) is 0 Å². The maximum atomic E-state index is 13.3. The first-order chi connectivity index (χ1) is 14.8. The molecule has 1 aromatic heterocycles. The molecule has 4 nitrogen and oxygen atoms in total. The van der Waals surface area contributed by atoms with Crippen molar-refractivity contribution in [3.8, 4) is 0 Å². The second-order valence-electron chi connectivity index (χ2n) is 10.2. The number of furan rings is 1. The van der Waals surface area contributed by atoms with E-state index in [1.54, 1.807) is 0 Å². The minimum absolute atomic E-state index is 0.134. The van der Waals surface area contributed by atoms with Gasteiger partial charge in [0.15, 0.2) is 0 Å². The molecule has 0 N–H and O–H groups in total. The van der Waals surface area contributed by atoms with Crippen LogP contribution in [0.3, 0.4) is 0 Å². The van der Waals surface area contributed by atoms with Gasteiger partial charge >= 0.3 is 0 Å². The quantitative estimate of drug-likeness (QED) is 0.561. The zero-order valence-corrected chi connectivity index (χ0v) is 18.0. The summed E-state index contributed by atoms with van der Waals surface area (Å²) < 4.78 is 6.59. The third-order valence-electron chi connectivity index (χ3n) is 8.41. The Morgan fingerprint density at radius 2 is 1.90 bits per heavy atom. The molecule has 6 heterocycles. The number of allylic oxidation sites excluding steroid dienone is 3. The van der Waals surface area contributed by atoms with Gasteiger partial charge in [-0.3, -0.25) is 4.79 Å². The van der Waals surface area contributed by atoms with Gasteiger partial charge in [-0.2, -0.15) is 0 Å². The molecule has 6 bridgehead atoms. The molecule has 0 radical (unpaired) electrons. The standard InChI is InChI=1S/C26H34N2O2/c29-23-12-8-5-6-10-19-17-26-18-27-14-9-4-2-1-3-7-11-20-16-21(22(26)13-15-27)24(30-20)25(26)28(19)23/h1,3,6,10,16,19,22,25H,2,4-5,7-9,11-15,17-18H2/b3-1-,10-6-/t19?,22-,25-,26-/m0/s1. The van der Waals surface area contributed by atoms with E-state index in [4.69, 9.17) is 4.42 Å². The van der Waals surface area contributed by atoms with Crippen molar-refractivity contribution in [2.45, 2.75) is 82.2 Å². The number of piperidine rings is 1. The highest BCUT2D eigenvalue weighted by molar-refractivity contribution is 5.78. The molecule has 7 rings (SSSR count). The van der Waals surface area contributed by atoms with Crippen molar-refractivity contribution in [3.63, 3.8) is 0 Å². The van der Waals surface area contributed by atoms with Gasteiger partial charge in [-0.15, -0.1) is 0 Å². The van der Waals surface area contributed by atoms with E-state index in [0.29, 0.717) is 18.2 Å². The first-order valence-electron chi connectivity index (χ1n) is 12.2. The average Bonchev–Trinajstić information content (AvgIpc) is 3.32. The van der Waals surface area contributed by atoms with Gasteiger partial charge in [0.05, 0.1) is 12.1 Å². The van der Waals surface area contributed by atoms with Crippen LogP contribution < -0.4 is 0 Å². The van der Waals surface area contributed by atoms with Crippen LogP contribution in [0.2, 0.25) is 0 Å². The van der Waals surface area contributed by atoms with Crippen LogP contribution in [0.25, 0.3) is 0 Å². The van der Waals surface area contributed by atoms with Gasteiger partial charge in [0, 0.05) is 24.8 Å².